The maximum Gasteiger partial charge on any atom is 0.235 e. The van der Waals surface area contributed by atoms with E-state index in [-0.39, 0.29) is 5.75 Å². The van der Waals surface area contributed by atoms with Crippen LogP contribution in [0.3, 0.4) is 0 Å². The van der Waals surface area contributed by atoms with Gasteiger partial charge in [-0.3, -0.25) is 9.40 Å². The highest BCUT2D eigenvalue weighted by molar-refractivity contribution is 7.92. The minimum Gasteiger partial charge on any atom is -0.316 e. The Labute approximate surface area is 89.7 Å². The summed E-state index contributed by atoms with van der Waals surface area (Å²) in [5.41, 5.74) is 0. The van der Waals surface area contributed by atoms with Gasteiger partial charge in [0, 0.05) is 19.7 Å². The molecule has 0 amide bonds. The number of hydrogen-bond acceptors (Lipinski definition) is 4. The standard InChI is InChI=1S/C8H16N4O2S/c1-3-9-6-7-15(13,14)11-8-4-5-10-12(8)2/h4-5,9,11H,3,6-7H2,1-2H3. The molecular weight excluding hydrogens is 216 g/mol. The molecule has 0 aliphatic rings. The van der Waals surface area contributed by atoms with Gasteiger partial charge in [0.15, 0.2) is 0 Å². The highest BCUT2D eigenvalue weighted by Crippen LogP contribution is 2.05. The summed E-state index contributed by atoms with van der Waals surface area (Å²) in [7, 11) is -1.59. The zero-order chi connectivity index (χ0) is 11.3. The van der Waals surface area contributed by atoms with Crippen molar-refractivity contribution in [3.8, 4) is 0 Å². The van der Waals surface area contributed by atoms with Gasteiger partial charge in [-0.05, 0) is 6.54 Å². The molecule has 0 radical (unpaired) electrons. The summed E-state index contributed by atoms with van der Waals surface area (Å²) in [5, 5.41) is 6.83. The Balaban J connectivity index is 2.53. The van der Waals surface area contributed by atoms with E-state index in [2.05, 4.69) is 15.1 Å². The average Bonchev–Trinajstić information content (AvgIpc) is 2.51. The van der Waals surface area contributed by atoms with Crippen molar-refractivity contribution in [2.75, 3.05) is 23.6 Å². The second-order valence-electron chi connectivity index (χ2n) is 3.11. The van der Waals surface area contributed by atoms with Crippen LogP contribution in [-0.4, -0.2) is 37.0 Å². The topological polar surface area (TPSA) is 76.0 Å². The van der Waals surface area contributed by atoms with Gasteiger partial charge in [0.25, 0.3) is 0 Å². The van der Waals surface area contributed by atoms with Gasteiger partial charge in [-0.15, -0.1) is 0 Å². The zero-order valence-corrected chi connectivity index (χ0v) is 9.71. The first-order valence-corrected chi connectivity index (χ1v) is 6.39. The molecule has 7 heteroatoms. The zero-order valence-electron chi connectivity index (χ0n) is 8.90. The molecule has 0 atom stereocenters. The maximum atomic E-state index is 11.5. The van der Waals surface area contributed by atoms with E-state index in [1.165, 1.54) is 4.68 Å². The molecule has 0 saturated carbocycles. The van der Waals surface area contributed by atoms with Crippen molar-refractivity contribution in [3.05, 3.63) is 12.3 Å². The van der Waals surface area contributed by atoms with Crippen LogP contribution >= 0.6 is 0 Å². The van der Waals surface area contributed by atoms with Gasteiger partial charge in [-0.25, -0.2) is 8.42 Å². The van der Waals surface area contributed by atoms with E-state index in [1.807, 2.05) is 6.92 Å². The molecular formula is C8H16N4O2S. The molecule has 6 nitrogen and oxygen atoms in total. The fraction of sp³-hybridized carbons (Fsp3) is 0.625. The lowest BCUT2D eigenvalue weighted by Gasteiger charge is -2.07. The second kappa shape index (κ2) is 5.13. The smallest absolute Gasteiger partial charge is 0.235 e. The fourth-order valence-electron chi connectivity index (χ4n) is 1.07. The Bertz CT molecular complexity index is 399. The monoisotopic (exact) mass is 232 g/mol. The number of sulfonamides is 1. The van der Waals surface area contributed by atoms with E-state index in [9.17, 15) is 8.42 Å². The third-order valence-electron chi connectivity index (χ3n) is 1.88. The average molecular weight is 232 g/mol. The molecule has 86 valence electrons. The molecule has 0 saturated heterocycles. The van der Waals surface area contributed by atoms with Crippen LogP contribution in [0, 0.1) is 0 Å². The number of aryl methyl sites for hydroxylation is 1. The van der Waals surface area contributed by atoms with Crippen LogP contribution in [0.25, 0.3) is 0 Å². The first-order valence-electron chi connectivity index (χ1n) is 4.74. The maximum absolute atomic E-state index is 11.5. The van der Waals surface area contributed by atoms with Gasteiger partial charge in [-0.1, -0.05) is 6.92 Å². The highest BCUT2D eigenvalue weighted by atomic mass is 32.2. The molecule has 1 rings (SSSR count). The minimum absolute atomic E-state index is 0.0615. The van der Waals surface area contributed by atoms with Crippen molar-refractivity contribution < 1.29 is 8.42 Å². The first kappa shape index (κ1) is 12.0. The van der Waals surface area contributed by atoms with Crippen molar-refractivity contribution in [1.29, 1.82) is 0 Å². The van der Waals surface area contributed by atoms with Crippen LogP contribution < -0.4 is 10.0 Å². The lowest BCUT2D eigenvalue weighted by atomic mass is 10.7. The molecule has 0 spiro atoms. The molecule has 1 heterocycles. The lowest BCUT2D eigenvalue weighted by molar-refractivity contribution is 0.596. The van der Waals surface area contributed by atoms with Crippen LogP contribution in [0.2, 0.25) is 0 Å². The summed E-state index contributed by atoms with van der Waals surface area (Å²) in [6.45, 7) is 3.14. The molecule has 0 aliphatic carbocycles. The van der Waals surface area contributed by atoms with Crippen molar-refractivity contribution in [3.63, 3.8) is 0 Å². The molecule has 15 heavy (non-hydrogen) atoms. The van der Waals surface area contributed by atoms with Crippen LogP contribution in [-0.2, 0) is 17.1 Å². The van der Waals surface area contributed by atoms with Gasteiger partial charge in [0.05, 0.1) is 11.9 Å². The summed E-state index contributed by atoms with van der Waals surface area (Å²) in [5.74, 6) is 0.540. The van der Waals surface area contributed by atoms with Crippen LogP contribution in [0.4, 0.5) is 5.82 Å². The predicted molar refractivity (Wildman–Crippen MR) is 59.2 cm³/mol. The number of aromatic nitrogens is 2. The Morgan fingerprint density at radius 1 is 1.53 bits per heavy atom. The third-order valence-corrected chi connectivity index (χ3v) is 3.14. The molecule has 0 aliphatic heterocycles. The van der Waals surface area contributed by atoms with E-state index >= 15 is 0 Å². The third kappa shape index (κ3) is 3.88. The number of anilines is 1. The number of nitrogens with one attached hydrogen (secondary N) is 2. The van der Waals surface area contributed by atoms with Gasteiger partial charge in [-0.2, -0.15) is 5.10 Å². The minimum atomic E-state index is -3.27. The Hall–Kier alpha value is -1.08. The quantitative estimate of drug-likeness (QED) is 0.664. The summed E-state index contributed by atoms with van der Waals surface area (Å²) in [6, 6.07) is 1.62. The molecule has 0 bridgehead atoms. The van der Waals surface area contributed by atoms with Crippen molar-refractivity contribution in [2.45, 2.75) is 6.92 Å². The molecule has 1 aromatic rings. The SMILES string of the molecule is CCNCCS(=O)(=O)Nc1ccnn1C. The molecule has 0 fully saturated rings. The Kier molecular flexibility index (Phi) is 4.10. The van der Waals surface area contributed by atoms with E-state index in [0.717, 1.165) is 6.54 Å². The van der Waals surface area contributed by atoms with Gasteiger partial charge < -0.3 is 5.32 Å². The summed E-state index contributed by atoms with van der Waals surface area (Å²) >= 11 is 0. The molecule has 2 N–H and O–H groups in total. The van der Waals surface area contributed by atoms with Crippen molar-refractivity contribution in [1.82, 2.24) is 15.1 Å². The number of nitrogens with zero attached hydrogens (tertiary/aromatic N) is 2. The Morgan fingerprint density at radius 2 is 2.27 bits per heavy atom. The van der Waals surface area contributed by atoms with E-state index in [1.54, 1.807) is 19.3 Å². The van der Waals surface area contributed by atoms with Crippen LogP contribution in [0.5, 0.6) is 0 Å². The van der Waals surface area contributed by atoms with Gasteiger partial charge >= 0.3 is 0 Å². The predicted octanol–water partition coefficient (Wildman–Crippen LogP) is -0.229. The summed E-state index contributed by atoms with van der Waals surface area (Å²) in [4.78, 5) is 0. The van der Waals surface area contributed by atoms with Gasteiger partial charge in [0.2, 0.25) is 10.0 Å². The fourth-order valence-corrected chi connectivity index (χ4v) is 2.10. The summed E-state index contributed by atoms with van der Waals surface area (Å²) < 4.78 is 27.0. The molecule has 0 unspecified atom stereocenters. The molecule has 1 aromatic heterocycles. The van der Waals surface area contributed by atoms with Crippen molar-refractivity contribution >= 4 is 15.8 Å². The first-order chi connectivity index (χ1) is 7.05. The summed E-state index contributed by atoms with van der Waals surface area (Å²) in [6.07, 6.45) is 1.54. The number of hydrogen-bond donors (Lipinski definition) is 2. The molecule has 0 aromatic carbocycles. The van der Waals surface area contributed by atoms with E-state index in [4.69, 9.17) is 0 Å². The lowest BCUT2D eigenvalue weighted by Crippen LogP contribution is -2.27. The van der Waals surface area contributed by atoms with Crippen LogP contribution in [0.1, 0.15) is 6.92 Å². The Morgan fingerprint density at radius 3 is 2.80 bits per heavy atom. The van der Waals surface area contributed by atoms with E-state index in [0.29, 0.717) is 12.4 Å². The second-order valence-corrected chi connectivity index (χ2v) is 4.96. The normalized spacial score (nSPS) is 11.6. The van der Waals surface area contributed by atoms with E-state index < -0.39 is 10.0 Å². The number of rotatable bonds is 6. The van der Waals surface area contributed by atoms with Crippen molar-refractivity contribution in [2.24, 2.45) is 7.05 Å². The highest BCUT2D eigenvalue weighted by Gasteiger charge is 2.11. The van der Waals surface area contributed by atoms with Gasteiger partial charge in [0.1, 0.15) is 5.82 Å². The largest absolute Gasteiger partial charge is 0.316 e. The van der Waals surface area contributed by atoms with Crippen LogP contribution in [0.15, 0.2) is 12.3 Å².